The number of carbonyl (C=O) groups excluding carboxylic acids is 2. The summed E-state index contributed by atoms with van der Waals surface area (Å²) in [5.74, 6) is 2.36. The third kappa shape index (κ3) is 7.00. The molecule has 0 aliphatic heterocycles. The van der Waals surface area contributed by atoms with Crippen molar-refractivity contribution in [3.05, 3.63) is 65.4 Å². The fraction of sp³-hybridized carbons (Fsp3) is 0.321. The molecule has 0 atom stereocenters. The number of benzene rings is 2. The molecular formula is C28H30ClN3O3S2. The van der Waals surface area contributed by atoms with Gasteiger partial charge in [-0.3, -0.25) is 9.59 Å². The Morgan fingerprint density at radius 1 is 0.865 bits per heavy atom. The Kier molecular flexibility index (Phi) is 9.05. The van der Waals surface area contributed by atoms with Crippen molar-refractivity contribution in [3.8, 4) is 11.3 Å². The topological polar surface area (TPSA) is 66.7 Å². The molecule has 2 aromatic carbocycles. The second-order valence-corrected chi connectivity index (χ2v) is 12.2. The molecule has 194 valence electrons. The summed E-state index contributed by atoms with van der Waals surface area (Å²) in [7, 11) is 7.06. The van der Waals surface area contributed by atoms with E-state index in [9.17, 15) is 9.59 Å². The molecule has 0 saturated carbocycles. The van der Waals surface area contributed by atoms with E-state index in [0.29, 0.717) is 29.4 Å². The predicted octanol–water partition coefficient (Wildman–Crippen LogP) is 6.72. The maximum absolute atomic E-state index is 12.1. The van der Waals surface area contributed by atoms with Gasteiger partial charge in [0.1, 0.15) is 15.9 Å². The van der Waals surface area contributed by atoms with Crippen molar-refractivity contribution in [3.63, 3.8) is 0 Å². The van der Waals surface area contributed by atoms with E-state index in [1.54, 1.807) is 61.5 Å². The third-order valence-corrected chi connectivity index (χ3v) is 8.89. The highest BCUT2D eigenvalue weighted by molar-refractivity contribution is 8.16. The fourth-order valence-corrected chi connectivity index (χ4v) is 6.46. The Bertz CT molecular complexity index is 1390. The number of pyridine rings is 1. The zero-order valence-electron chi connectivity index (χ0n) is 21.4. The number of thioether (sulfide) groups is 2. The van der Waals surface area contributed by atoms with Gasteiger partial charge in [0.25, 0.3) is 0 Å². The molecule has 0 unspecified atom stereocenters. The smallest absolute Gasteiger partial charge is 0.222 e. The summed E-state index contributed by atoms with van der Waals surface area (Å²) in [6.45, 7) is 0. The Morgan fingerprint density at radius 3 is 2.16 bits per heavy atom. The lowest BCUT2D eigenvalue weighted by molar-refractivity contribution is -0.128. The average molecular weight is 556 g/mol. The van der Waals surface area contributed by atoms with Gasteiger partial charge in [0.15, 0.2) is 0 Å². The van der Waals surface area contributed by atoms with Crippen molar-refractivity contribution in [2.75, 3.05) is 39.7 Å². The minimum absolute atomic E-state index is 0.0262. The number of hydrogen-bond donors (Lipinski definition) is 0. The first kappa shape index (κ1) is 27.4. The van der Waals surface area contributed by atoms with Gasteiger partial charge in [-0.15, -0.1) is 23.5 Å². The van der Waals surface area contributed by atoms with Crippen LogP contribution in [0.5, 0.6) is 0 Å². The van der Waals surface area contributed by atoms with Crippen molar-refractivity contribution >= 4 is 68.8 Å². The maximum atomic E-state index is 12.1. The van der Waals surface area contributed by atoms with Crippen LogP contribution >= 0.6 is 35.1 Å². The van der Waals surface area contributed by atoms with Crippen molar-refractivity contribution < 1.29 is 14.0 Å². The van der Waals surface area contributed by atoms with Crippen LogP contribution in [0.25, 0.3) is 33.1 Å². The van der Waals surface area contributed by atoms with Gasteiger partial charge in [0.2, 0.25) is 11.8 Å². The average Bonchev–Trinajstić information content (AvgIpc) is 3.30. The number of rotatable bonds is 10. The normalized spacial score (nSPS) is 11.4. The molecule has 2 heterocycles. The molecule has 0 spiro atoms. The highest BCUT2D eigenvalue weighted by Crippen LogP contribution is 2.42. The van der Waals surface area contributed by atoms with Gasteiger partial charge in [-0.05, 0) is 42.5 Å². The van der Waals surface area contributed by atoms with Crippen LogP contribution in [0.15, 0.2) is 59.0 Å². The van der Waals surface area contributed by atoms with E-state index in [-0.39, 0.29) is 16.4 Å². The summed E-state index contributed by atoms with van der Waals surface area (Å²) in [5.41, 5.74) is 3.50. The summed E-state index contributed by atoms with van der Waals surface area (Å²) >= 11 is 9.51. The summed E-state index contributed by atoms with van der Waals surface area (Å²) in [4.78, 5) is 32.2. The van der Waals surface area contributed by atoms with E-state index in [1.165, 1.54) is 0 Å². The van der Waals surface area contributed by atoms with Gasteiger partial charge in [-0.1, -0.05) is 23.7 Å². The molecule has 2 aromatic heterocycles. The van der Waals surface area contributed by atoms with Crippen LogP contribution in [0, 0.1) is 0 Å². The second-order valence-electron chi connectivity index (χ2n) is 9.08. The number of amides is 2. The van der Waals surface area contributed by atoms with Crippen LogP contribution in [0.3, 0.4) is 0 Å². The molecule has 4 rings (SSSR count). The zero-order valence-corrected chi connectivity index (χ0v) is 23.8. The van der Waals surface area contributed by atoms with Crippen molar-refractivity contribution in [1.29, 1.82) is 0 Å². The van der Waals surface area contributed by atoms with Crippen LogP contribution < -0.4 is 0 Å². The Morgan fingerprint density at radius 2 is 1.51 bits per heavy atom. The monoisotopic (exact) mass is 555 g/mol. The van der Waals surface area contributed by atoms with E-state index in [1.807, 2.05) is 42.5 Å². The molecule has 4 aromatic rings. The second kappa shape index (κ2) is 12.2. The van der Waals surface area contributed by atoms with E-state index in [2.05, 4.69) is 12.1 Å². The number of fused-ring (bicyclic) bond motifs is 2. The molecule has 6 nitrogen and oxygen atoms in total. The molecule has 0 N–H and O–H groups in total. The minimum Gasteiger partial charge on any atom is -0.459 e. The van der Waals surface area contributed by atoms with E-state index in [0.717, 1.165) is 38.9 Å². The summed E-state index contributed by atoms with van der Waals surface area (Å²) in [6, 6.07) is 17.9. The zero-order chi connectivity index (χ0) is 26.5. The van der Waals surface area contributed by atoms with E-state index in [4.69, 9.17) is 21.0 Å². The SMILES string of the molecule is CN(C)C(=O)CCSC(SCCC(=O)N(C)C)c1cc2cc(-c3ccc4ccc(Cl)cc4n3)ccc2o1. The largest absolute Gasteiger partial charge is 0.459 e. The number of nitrogens with zero attached hydrogens (tertiary/aromatic N) is 3. The van der Waals surface area contributed by atoms with Crippen molar-refractivity contribution in [2.45, 2.75) is 17.4 Å². The number of hydrogen-bond acceptors (Lipinski definition) is 6. The van der Waals surface area contributed by atoms with Crippen LogP contribution in [-0.2, 0) is 9.59 Å². The molecule has 0 fully saturated rings. The first-order valence-corrected chi connectivity index (χ1v) is 14.4. The summed E-state index contributed by atoms with van der Waals surface area (Å²) in [5, 5.41) is 2.69. The maximum Gasteiger partial charge on any atom is 0.222 e. The Balaban J connectivity index is 1.56. The molecule has 0 radical (unpaired) electrons. The molecule has 37 heavy (non-hydrogen) atoms. The van der Waals surface area contributed by atoms with Gasteiger partial charge >= 0.3 is 0 Å². The molecular weight excluding hydrogens is 526 g/mol. The van der Waals surface area contributed by atoms with Crippen LogP contribution in [0.2, 0.25) is 5.02 Å². The number of carbonyl (C=O) groups is 2. The highest BCUT2D eigenvalue weighted by Gasteiger charge is 2.20. The molecule has 9 heteroatoms. The fourth-order valence-electron chi connectivity index (χ4n) is 3.76. The lowest BCUT2D eigenvalue weighted by atomic mass is 10.1. The van der Waals surface area contributed by atoms with Crippen molar-refractivity contribution in [2.24, 2.45) is 0 Å². The molecule has 0 aliphatic rings. The quantitative estimate of drug-likeness (QED) is 0.202. The summed E-state index contributed by atoms with van der Waals surface area (Å²) in [6.07, 6.45) is 0.904. The lowest BCUT2D eigenvalue weighted by Crippen LogP contribution is -2.22. The van der Waals surface area contributed by atoms with Gasteiger partial charge < -0.3 is 14.2 Å². The molecule has 0 saturated heterocycles. The van der Waals surface area contributed by atoms with E-state index < -0.39 is 0 Å². The Hall–Kier alpha value is -2.68. The minimum atomic E-state index is -0.0262. The van der Waals surface area contributed by atoms with Crippen LogP contribution in [-0.4, -0.2) is 66.3 Å². The molecule has 0 aliphatic carbocycles. The van der Waals surface area contributed by atoms with Gasteiger partial charge in [0, 0.05) is 73.9 Å². The third-order valence-electron chi connectivity index (χ3n) is 5.89. The van der Waals surface area contributed by atoms with E-state index >= 15 is 0 Å². The number of halogens is 1. The lowest BCUT2D eigenvalue weighted by Gasteiger charge is -2.16. The molecule has 2 amide bonds. The number of furan rings is 1. The highest BCUT2D eigenvalue weighted by atomic mass is 35.5. The van der Waals surface area contributed by atoms with Gasteiger partial charge in [-0.2, -0.15) is 0 Å². The van der Waals surface area contributed by atoms with Gasteiger partial charge in [-0.25, -0.2) is 4.98 Å². The Labute approximate surface area is 230 Å². The van der Waals surface area contributed by atoms with Gasteiger partial charge in [0.05, 0.1) is 11.2 Å². The van der Waals surface area contributed by atoms with Crippen LogP contribution in [0.4, 0.5) is 0 Å². The van der Waals surface area contributed by atoms with Crippen molar-refractivity contribution in [1.82, 2.24) is 14.8 Å². The first-order chi connectivity index (χ1) is 17.7. The first-order valence-electron chi connectivity index (χ1n) is 11.9. The molecule has 0 bridgehead atoms. The predicted molar refractivity (Wildman–Crippen MR) is 156 cm³/mol. The summed E-state index contributed by atoms with van der Waals surface area (Å²) < 4.78 is 6.22. The number of aromatic nitrogens is 1. The standard InChI is InChI=1S/C28H30ClN3O3S2/c1-31(2)26(33)11-13-36-28(37-14-12-27(34)32(3)4)25-16-20-15-19(7-10-24(20)35-25)22-9-6-18-5-8-21(29)17-23(18)30-22/h5-10,15-17,28H,11-14H2,1-4H3. The van der Waals surface area contributed by atoms with Crippen LogP contribution in [0.1, 0.15) is 23.2 Å².